The van der Waals surface area contributed by atoms with Gasteiger partial charge in [-0.3, -0.25) is 4.79 Å². The van der Waals surface area contributed by atoms with E-state index in [-0.39, 0.29) is 0 Å². The summed E-state index contributed by atoms with van der Waals surface area (Å²) in [6.07, 6.45) is 7.01. The average molecular weight is 181 g/mol. The van der Waals surface area contributed by atoms with E-state index < -0.39 is 0 Å². The molecule has 0 atom stereocenters. The topological polar surface area (TPSA) is 29.1 Å². The van der Waals surface area contributed by atoms with Gasteiger partial charge in [0.05, 0.1) is 0 Å². The van der Waals surface area contributed by atoms with Gasteiger partial charge in [-0.25, -0.2) is 0 Å². The highest BCUT2D eigenvalue weighted by molar-refractivity contribution is 5.79. The fraction of sp³-hybridized carbons (Fsp3) is 0.909. The van der Waals surface area contributed by atoms with Crippen LogP contribution in [-0.2, 0) is 4.79 Å². The van der Waals surface area contributed by atoms with Gasteiger partial charge in [0.25, 0.3) is 0 Å². The van der Waals surface area contributed by atoms with Crippen LogP contribution in [0.3, 0.4) is 0 Å². The van der Waals surface area contributed by atoms with Gasteiger partial charge in [-0.05, 0) is 24.9 Å². The Morgan fingerprint density at radius 1 is 1.08 bits per heavy atom. The average Bonchev–Trinajstić information content (AvgIpc) is 2.49. The fourth-order valence-corrected chi connectivity index (χ4v) is 2.43. The molecule has 0 unspecified atom stereocenters. The maximum absolute atomic E-state index is 11.6. The number of Topliss-reactive ketones (excluding diaryl/α,β-unsaturated/α-hetero) is 1. The van der Waals surface area contributed by atoms with Gasteiger partial charge in [-0.2, -0.15) is 0 Å². The minimum atomic E-state index is 0.512. The Hall–Kier alpha value is -0.370. The van der Waals surface area contributed by atoms with E-state index in [1.807, 2.05) is 0 Å². The SMILES string of the molecule is O=C(CC1CCCC1)CC1CNC1. The van der Waals surface area contributed by atoms with Crippen molar-refractivity contribution in [2.45, 2.75) is 38.5 Å². The van der Waals surface area contributed by atoms with Crippen molar-refractivity contribution in [3.8, 4) is 0 Å². The van der Waals surface area contributed by atoms with Crippen molar-refractivity contribution < 1.29 is 4.79 Å². The van der Waals surface area contributed by atoms with Crippen LogP contribution >= 0.6 is 0 Å². The number of carbonyl (C=O) groups is 1. The summed E-state index contributed by atoms with van der Waals surface area (Å²) >= 11 is 0. The van der Waals surface area contributed by atoms with Gasteiger partial charge in [-0.15, -0.1) is 0 Å². The molecule has 0 aromatic carbocycles. The van der Waals surface area contributed by atoms with E-state index in [2.05, 4.69) is 5.32 Å². The molecule has 0 aromatic rings. The van der Waals surface area contributed by atoms with Crippen molar-refractivity contribution in [2.24, 2.45) is 11.8 Å². The molecule has 1 aliphatic heterocycles. The first-order valence-electron chi connectivity index (χ1n) is 5.57. The van der Waals surface area contributed by atoms with Crippen molar-refractivity contribution in [3.05, 3.63) is 0 Å². The van der Waals surface area contributed by atoms with Gasteiger partial charge in [0, 0.05) is 12.8 Å². The standard InChI is InChI=1S/C11H19NO/c13-11(6-10-7-12-8-10)5-9-3-1-2-4-9/h9-10,12H,1-8H2. The van der Waals surface area contributed by atoms with Crippen molar-refractivity contribution in [1.82, 2.24) is 5.32 Å². The lowest BCUT2D eigenvalue weighted by molar-refractivity contribution is -0.121. The monoisotopic (exact) mass is 181 g/mol. The number of ketones is 1. The van der Waals surface area contributed by atoms with E-state index in [0.717, 1.165) is 31.8 Å². The minimum Gasteiger partial charge on any atom is -0.316 e. The predicted molar refractivity (Wildman–Crippen MR) is 52.6 cm³/mol. The first-order valence-corrected chi connectivity index (χ1v) is 5.57. The normalized spacial score (nSPS) is 24.6. The Balaban J connectivity index is 1.64. The molecule has 2 nitrogen and oxygen atoms in total. The third kappa shape index (κ3) is 2.53. The lowest BCUT2D eigenvalue weighted by Crippen LogP contribution is -2.43. The lowest BCUT2D eigenvalue weighted by Gasteiger charge is -2.26. The summed E-state index contributed by atoms with van der Waals surface area (Å²) in [5.74, 6) is 1.91. The summed E-state index contributed by atoms with van der Waals surface area (Å²) in [5.41, 5.74) is 0. The molecular formula is C11H19NO. The zero-order valence-corrected chi connectivity index (χ0v) is 8.22. The molecule has 0 radical (unpaired) electrons. The van der Waals surface area contributed by atoms with E-state index in [1.54, 1.807) is 0 Å². The Morgan fingerprint density at radius 2 is 1.69 bits per heavy atom. The largest absolute Gasteiger partial charge is 0.316 e. The summed E-state index contributed by atoms with van der Waals surface area (Å²) in [7, 11) is 0. The fourth-order valence-electron chi connectivity index (χ4n) is 2.43. The Labute approximate surface area is 80.1 Å². The van der Waals surface area contributed by atoms with E-state index in [0.29, 0.717) is 11.7 Å². The van der Waals surface area contributed by atoms with Gasteiger partial charge in [-0.1, -0.05) is 25.7 Å². The molecule has 2 heteroatoms. The molecular weight excluding hydrogens is 162 g/mol. The molecule has 0 bridgehead atoms. The molecule has 0 amide bonds. The van der Waals surface area contributed by atoms with Crippen molar-refractivity contribution in [3.63, 3.8) is 0 Å². The summed E-state index contributed by atoms with van der Waals surface area (Å²) in [4.78, 5) is 11.6. The Kier molecular flexibility index (Phi) is 2.99. The second-order valence-corrected chi connectivity index (χ2v) is 4.62. The maximum atomic E-state index is 11.6. The zero-order chi connectivity index (χ0) is 9.10. The molecule has 13 heavy (non-hydrogen) atoms. The summed E-state index contributed by atoms with van der Waals surface area (Å²) in [5, 5.41) is 3.21. The van der Waals surface area contributed by atoms with Crippen molar-refractivity contribution >= 4 is 5.78 Å². The third-order valence-electron chi connectivity index (χ3n) is 3.37. The van der Waals surface area contributed by atoms with Crippen LogP contribution in [-0.4, -0.2) is 18.9 Å². The van der Waals surface area contributed by atoms with Crippen LogP contribution in [0.25, 0.3) is 0 Å². The van der Waals surface area contributed by atoms with Crippen LogP contribution in [0.15, 0.2) is 0 Å². The Morgan fingerprint density at radius 3 is 2.23 bits per heavy atom. The van der Waals surface area contributed by atoms with Crippen molar-refractivity contribution in [2.75, 3.05) is 13.1 Å². The molecule has 2 aliphatic rings. The van der Waals surface area contributed by atoms with Gasteiger partial charge in [0.1, 0.15) is 5.78 Å². The molecule has 0 aromatic heterocycles. The minimum absolute atomic E-state index is 0.512. The second-order valence-electron chi connectivity index (χ2n) is 4.62. The number of hydrogen-bond donors (Lipinski definition) is 1. The van der Waals surface area contributed by atoms with E-state index in [4.69, 9.17) is 0 Å². The molecule has 2 rings (SSSR count). The number of rotatable bonds is 4. The van der Waals surface area contributed by atoms with Crippen molar-refractivity contribution in [1.29, 1.82) is 0 Å². The van der Waals surface area contributed by atoms with Gasteiger partial charge >= 0.3 is 0 Å². The highest BCUT2D eigenvalue weighted by Crippen LogP contribution is 2.28. The molecule has 1 saturated heterocycles. The highest BCUT2D eigenvalue weighted by atomic mass is 16.1. The number of nitrogens with one attached hydrogen (secondary N) is 1. The van der Waals surface area contributed by atoms with E-state index >= 15 is 0 Å². The smallest absolute Gasteiger partial charge is 0.133 e. The number of hydrogen-bond acceptors (Lipinski definition) is 2. The molecule has 1 N–H and O–H groups in total. The van der Waals surface area contributed by atoms with Crippen LogP contribution in [0.4, 0.5) is 0 Å². The van der Waals surface area contributed by atoms with Gasteiger partial charge < -0.3 is 5.32 Å². The molecule has 1 saturated carbocycles. The highest BCUT2D eigenvalue weighted by Gasteiger charge is 2.23. The molecule has 0 spiro atoms. The second kappa shape index (κ2) is 4.23. The first-order chi connectivity index (χ1) is 6.34. The zero-order valence-electron chi connectivity index (χ0n) is 8.22. The van der Waals surface area contributed by atoms with Gasteiger partial charge in [0.15, 0.2) is 0 Å². The first kappa shape index (κ1) is 9.20. The van der Waals surface area contributed by atoms with Crippen LogP contribution in [0.1, 0.15) is 38.5 Å². The van der Waals surface area contributed by atoms with E-state index in [9.17, 15) is 4.79 Å². The molecule has 74 valence electrons. The molecule has 2 fully saturated rings. The summed E-state index contributed by atoms with van der Waals surface area (Å²) < 4.78 is 0. The summed E-state index contributed by atoms with van der Waals surface area (Å²) in [6.45, 7) is 2.13. The molecule has 1 heterocycles. The third-order valence-corrected chi connectivity index (χ3v) is 3.37. The maximum Gasteiger partial charge on any atom is 0.133 e. The van der Waals surface area contributed by atoms with E-state index in [1.165, 1.54) is 25.7 Å². The van der Waals surface area contributed by atoms with Crippen LogP contribution < -0.4 is 5.32 Å². The lowest BCUT2D eigenvalue weighted by atomic mass is 9.91. The van der Waals surface area contributed by atoms with Crippen LogP contribution in [0.5, 0.6) is 0 Å². The van der Waals surface area contributed by atoms with Crippen LogP contribution in [0, 0.1) is 11.8 Å². The quantitative estimate of drug-likeness (QED) is 0.716. The molecule has 1 aliphatic carbocycles. The van der Waals surface area contributed by atoms with Gasteiger partial charge in [0.2, 0.25) is 0 Å². The van der Waals surface area contributed by atoms with Crippen LogP contribution in [0.2, 0.25) is 0 Å². The number of carbonyl (C=O) groups excluding carboxylic acids is 1. The predicted octanol–water partition coefficient (Wildman–Crippen LogP) is 1.75. The Bertz CT molecular complexity index is 181. The summed E-state index contributed by atoms with van der Waals surface area (Å²) in [6, 6.07) is 0.